The van der Waals surface area contributed by atoms with Crippen LogP contribution in [0.1, 0.15) is 77.3 Å². The number of ether oxygens (including phenoxy) is 1. The Morgan fingerprint density at radius 3 is 2.52 bits per heavy atom. The number of piperazine rings is 1. The monoisotopic (exact) mass is 551 g/mol. The van der Waals surface area contributed by atoms with Gasteiger partial charge in [0.2, 0.25) is 5.91 Å². The fourth-order valence-electron chi connectivity index (χ4n) is 7.21. The number of halogens is 1. The molecule has 8 nitrogen and oxygen atoms in total. The fraction of sp³-hybridized carbons (Fsp3) is 0.645. The lowest BCUT2D eigenvalue weighted by atomic mass is 9.89. The Bertz CT molecular complexity index is 1150. The Morgan fingerprint density at radius 1 is 1.20 bits per heavy atom. The molecule has 40 heavy (non-hydrogen) atoms. The third-order valence-corrected chi connectivity index (χ3v) is 8.95. The topological polar surface area (TPSA) is 88.9 Å². The summed E-state index contributed by atoms with van der Waals surface area (Å²) in [4.78, 5) is 33.0. The van der Waals surface area contributed by atoms with E-state index < -0.39 is 17.7 Å². The number of nitriles is 1. The molecule has 3 heterocycles. The molecule has 0 radical (unpaired) electrons. The number of rotatable bonds is 8. The van der Waals surface area contributed by atoms with E-state index in [4.69, 9.17) is 4.74 Å². The van der Waals surface area contributed by atoms with Crippen molar-refractivity contribution < 1.29 is 18.7 Å². The first-order valence-electron chi connectivity index (χ1n) is 14.7. The number of nitrogens with zero attached hydrogens (tertiary/aromatic N) is 4. The molecule has 1 saturated carbocycles. The zero-order valence-corrected chi connectivity index (χ0v) is 23.9. The predicted molar refractivity (Wildman–Crippen MR) is 149 cm³/mol. The zero-order valence-electron chi connectivity index (χ0n) is 23.9. The first-order valence-corrected chi connectivity index (χ1v) is 14.7. The van der Waals surface area contributed by atoms with Gasteiger partial charge < -0.3 is 19.9 Å². The van der Waals surface area contributed by atoms with Gasteiger partial charge in [0.05, 0.1) is 24.2 Å². The van der Waals surface area contributed by atoms with E-state index in [2.05, 4.69) is 27.8 Å². The molecule has 3 unspecified atom stereocenters. The van der Waals surface area contributed by atoms with Gasteiger partial charge in [-0.05, 0) is 76.5 Å². The predicted octanol–water partition coefficient (Wildman–Crippen LogP) is 4.74. The number of hydrogen-bond donors (Lipinski definition) is 1. The number of carbonyl (C=O) groups is 2. The van der Waals surface area contributed by atoms with Crippen LogP contribution in [0.3, 0.4) is 0 Å². The highest BCUT2D eigenvalue weighted by Crippen LogP contribution is 2.46. The lowest BCUT2D eigenvalue weighted by molar-refractivity contribution is -0.140. The van der Waals surface area contributed by atoms with Crippen LogP contribution in [0.4, 0.5) is 9.18 Å². The second kappa shape index (κ2) is 11.4. The average Bonchev–Trinajstić information content (AvgIpc) is 3.69. The molecule has 4 fully saturated rings. The smallest absolute Gasteiger partial charge is 0.408 e. The summed E-state index contributed by atoms with van der Waals surface area (Å²) in [6.07, 6.45) is 6.32. The van der Waals surface area contributed by atoms with Crippen molar-refractivity contribution in [2.45, 2.75) is 102 Å². The summed E-state index contributed by atoms with van der Waals surface area (Å²) in [5.41, 5.74) is 1.03. The highest BCUT2D eigenvalue weighted by atomic mass is 19.1. The summed E-state index contributed by atoms with van der Waals surface area (Å²) in [7, 11) is 0. The minimum Gasteiger partial charge on any atom is -0.444 e. The van der Waals surface area contributed by atoms with Gasteiger partial charge in [0, 0.05) is 31.4 Å². The molecule has 1 aliphatic carbocycles. The first-order chi connectivity index (χ1) is 19.1. The van der Waals surface area contributed by atoms with Crippen LogP contribution in [0.25, 0.3) is 0 Å². The van der Waals surface area contributed by atoms with Gasteiger partial charge >= 0.3 is 6.09 Å². The molecule has 3 aliphatic heterocycles. The highest BCUT2D eigenvalue weighted by Gasteiger charge is 2.53. The van der Waals surface area contributed by atoms with Crippen molar-refractivity contribution in [3.63, 3.8) is 0 Å². The van der Waals surface area contributed by atoms with E-state index in [0.29, 0.717) is 31.2 Å². The summed E-state index contributed by atoms with van der Waals surface area (Å²) >= 11 is 0. The minimum atomic E-state index is -0.655. The van der Waals surface area contributed by atoms with Gasteiger partial charge in [-0.15, -0.1) is 0 Å². The van der Waals surface area contributed by atoms with Crippen LogP contribution in [-0.4, -0.2) is 76.1 Å². The molecule has 1 aromatic rings. The molecule has 3 saturated heterocycles. The van der Waals surface area contributed by atoms with Gasteiger partial charge in [-0.1, -0.05) is 31.6 Å². The van der Waals surface area contributed by atoms with E-state index in [1.165, 1.54) is 12.1 Å². The second-order valence-corrected chi connectivity index (χ2v) is 12.8. The van der Waals surface area contributed by atoms with E-state index in [9.17, 15) is 19.2 Å². The van der Waals surface area contributed by atoms with Gasteiger partial charge in [-0.25, -0.2) is 9.18 Å². The number of fused-ring (bicyclic) bond motifs is 2. The van der Waals surface area contributed by atoms with Crippen LogP contribution < -0.4 is 5.32 Å². The number of benzene rings is 1. The van der Waals surface area contributed by atoms with Crippen molar-refractivity contribution >= 4 is 12.0 Å². The molecule has 1 N–H and O–H groups in total. The zero-order chi connectivity index (χ0) is 28.6. The lowest BCUT2D eigenvalue weighted by Gasteiger charge is -2.42. The second-order valence-electron chi connectivity index (χ2n) is 12.8. The SMILES string of the molecule is C=C(C(CN1C[C@@H]2CC1C(=O)N2[C@H](c1ccc(F)cc1)C1CCCC1)NC(=O)OC(C)(C)C)N1CCCC1C#N. The van der Waals surface area contributed by atoms with Gasteiger partial charge in [-0.3, -0.25) is 9.69 Å². The lowest BCUT2D eigenvalue weighted by Crippen LogP contribution is -2.57. The summed E-state index contributed by atoms with van der Waals surface area (Å²) in [5, 5.41) is 12.7. The van der Waals surface area contributed by atoms with E-state index in [-0.39, 0.29) is 35.9 Å². The molecule has 216 valence electrons. The molecule has 5 atom stereocenters. The molecular weight excluding hydrogens is 509 g/mol. The van der Waals surface area contributed by atoms with Crippen molar-refractivity contribution in [3.8, 4) is 6.07 Å². The molecule has 4 aliphatic rings. The first kappa shape index (κ1) is 28.4. The maximum atomic E-state index is 14.0. The van der Waals surface area contributed by atoms with Crippen LogP contribution >= 0.6 is 0 Å². The molecule has 5 rings (SSSR count). The van der Waals surface area contributed by atoms with Crippen molar-refractivity contribution in [2.24, 2.45) is 5.92 Å². The van der Waals surface area contributed by atoms with Crippen molar-refractivity contribution in [1.29, 1.82) is 5.26 Å². The summed E-state index contributed by atoms with van der Waals surface area (Å²) in [6, 6.07) is 7.98. The summed E-state index contributed by atoms with van der Waals surface area (Å²) < 4.78 is 19.3. The number of alkyl carbamates (subject to hydrolysis) is 1. The number of likely N-dealkylation sites (tertiary alicyclic amines) is 3. The fourth-order valence-corrected chi connectivity index (χ4v) is 7.21. The molecule has 2 amide bonds. The number of nitrogens with one attached hydrogen (secondary N) is 1. The molecular formula is C31H42FN5O3. The Kier molecular flexibility index (Phi) is 8.10. The van der Waals surface area contributed by atoms with E-state index in [1.54, 1.807) is 0 Å². The van der Waals surface area contributed by atoms with Crippen molar-refractivity contribution in [2.75, 3.05) is 19.6 Å². The Labute approximate surface area is 237 Å². The Balaban J connectivity index is 1.34. The average molecular weight is 552 g/mol. The third kappa shape index (κ3) is 5.83. The van der Waals surface area contributed by atoms with Crippen LogP contribution in [0.15, 0.2) is 36.5 Å². The van der Waals surface area contributed by atoms with Gasteiger partial charge in [-0.2, -0.15) is 5.26 Å². The molecule has 0 aromatic heterocycles. The van der Waals surface area contributed by atoms with Gasteiger partial charge in [0.1, 0.15) is 17.5 Å². The largest absolute Gasteiger partial charge is 0.444 e. The van der Waals surface area contributed by atoms with Crippen LogP contribution in [0.5, 0.6) is 0 Å². The van der Waals surface area contributed by atoms with Crippen LogP contribution in [-0.2, 0) is 9.53 Å². The molecule has 2 bridgehead atoms. The Morgan fingerprint density at radius 2 is 1.90 bits per heavy atom. The van der Waals surface area contributed by atoms with E-state index in [0.717, 1.165) is 50.5 Å². The van der Waals surface area contributed by atoms with Gasteiger partial charge in [0.15, 0.2) is 0 Å². The maximum absolute atomic E-state index is 14.0. The summed E-state index contributed by atoms with van der Waals surface area (Å²) in [6.45, 7) is 11.6. The quantitative estimate of drug-likeness (QED) is 0.502. The normalized spacial score (nSPS) is 26.7. The highest BCUT2D eigenvalue weighted by molar-refractivity contribution is 5.86. The standard InChI is InChI=1S/C31H42FN5O3/c1-20(36-15-7-10-24(36)17-33)26(34-30(39)40-31(2,3)4)19-35-18-25-16-27(35)29(38)37(25)28(21-8-5-6-9-21)22-11-13-23(32)14-12-22/h11-14,21,24-28H,1,5-10,15-16,18-19H2,2-4H3,(H,34,39)/t24?,25-,26?,27?,28-/m0/s1. The molecule has 9 heteroatoms. The van der Waals surface area contributed by atoms with E-state index in [1.807, 2.05) is 37.8 Å². The minimum absolute atomic E-state index is 0.0422. The Hall–Kier alpha value is -3.12. The summed E-state index contributed by atoms with van der Waals surface area (Å²) in [5.74, 6) is 0.214. The van der Waals surface area contributed by atoms with Crippen LogP contribution in [0.2, 0.25) is 0 Å². The maximum Gasteiger partial charge on any atom is 0.408 e. The molecule has 0 spiro atoms. The number of carbonyl (C=O) groups excluding carboxylic acids is 2. The number of amides is 2. The van der Waals surface area contributed by atoms with Gasteiger partial charge in [0.25, 0.3) is 0 Å². The van der Waals surface area contributed by atoms with Crippen LogP contribution in [0, 0.1) is 23.1 Å². The van der Waals surface area contributed by atoms with E-state index >= 15 is 0 Å². The molecule has 1 aromatic carbocycles. The van der Waals surface area contributed by atoms with Crippen molar-refractivity contribution in [1.82, 2.24) is 20.0 Å². The number of hydrogen-bond acceptors (Lipinski definition) is 6. The van der Waals surface area contributed by atoms with Crippen molar-refractivity contribution in [3.05, 3.63) is 47.9 Å². The third-order valence-electron chi connectivity index (χ3n) is 8.95.